The van der Waals surface area contributed by atoms with Gasteiger partial charge in [0.1, 0.15) is 0 Å². The SMILES string of the molecule is CC1CC12[CH]C=C[C]=C2. The number of rotatable bonds is 0. The predicted molar refractivity (Wildman–Crippen MR) is 37.5 cm³/mol. The second-order valence-corrected chi connectivity index (χ2v) is 3.05. The van der Waals surface area contributed by atoms with Crippen LogP contribution in [0.4, 0.5) is 0 Å². The van der Waals surface area contributed by atoms with Crippen LogP contribution >= 0.6 is 0 Å². The quantitative estimate of drug-likeness (QED) is 0.457. The third-order valence-corrected chi connectivity index (χ3v) is 2.37. The Bertz CT molecular complexity index is 176. The molecule has 2 radical (unpaired) electrons. The molecule has 0 heteroatoms. The van der Waals surface area contributed by atoms with Crippen molar-refractivity contribution < 1.29 is 0 Å². The van der Waals surface area contributed by atoms with Crippen molar-refractivity contribution >= 4 is 0 Å². The molecule has 2 unspecified atom stereocenters. The van der Waals surface area contributed by atoms with Gasteiger partial charge in [0, 0.05) is 0 Å². The third-order valence-electron chi connectivity index (χ3n) is 2.37. The summed E-state index contributed by atoms with van der Waals surface area (Å²) in [6, 6.07) is 0. The lowest BCUT2D eigenvalue weighted by molar-refractivity contribution is 0.700. The highest BCUT2D eigenvalue weighted by molar-refractivity contribution is 5.29. The Balaban J connectivity index is 2.18. The summed E-state index contributed by atoms with van der Waals surface area (Å²) in [4.78, 5) is 0. The molecule has 46 valence electrons. The Hall–Kier alpha value is -0.520. The summed E-state index contributed by atoms with van der Waals surface area (Å²) in [6.07, 6.45) is 13.0. The highest BCUT2D eigenvalue weighted by Crippen LogP contribution is 2.56. The molecule has 0 aliphatic heterocycles. The second-order valence-electron chi connectivity index (χ2n) is 3.05. The Morgan fingerprint density at radius 1 is 1.67 bits per heavy atom. The van der Waals surface area contributed by atoms with Crippen molar-refractivity contribution in [3.8, 4) is 0 Å². The normalized spacial score (nSPS) is 46.1. The van der Waals surface area contributed by atoms with Crippen molar-refractivity contribution in [2.24, 2.45) is 11.3 Å². The first-order valence-corrected chi connectivity index (χ1v) is 3.45. The van der Waals surface area contributed by atoms with E-state index in [0.717, 1.165) is 5.92 Å². The lowest BCUT2D eigenvalue weighted by Gasteiger charge is -2.08. The zero-order chi connectivity index (χ0) is 6.32. The summed E-state index contributed by atoms with van der Waals surface area (Å²) < 4.78 is 0. The summed E-state index contributed by atoms with van der Waals surface area (Å²) >= 11 is 0. The first kappa shape index (κ1) is 5.28. The maximum absolute atomic E-state index is 3.13. The van der Waals surface area contributed by atoms with Gasteiger partial charge in [-0.15, -0.1) is 0 Å². The summed E-state index contributed by atoms with van der Waals surface area (Å²) in [6.45, 7) is 2.29. The monoisotopic (exact) mass is 118 g/mol. The largest absolute Gasteiger partial charge is 0.0793 e. The lowest BCUT2D eigenvalue weighted by atomic mass is 9.95. The first-order chi connectivity index (χ1) is 4.33. The number of hydrogen-bond acceptors (Lipinski definition) is 0. The topological polar surface area (TPSA) is 0 Å². The summed E-state index contributed by atoms with van der Waals surface area (Å²) in [5.74, 6) is 0.856. The van der Waals surface area contributed by atoms with Crippen molar-refractivity contribution in [3.63, 3.8) is 0 Å². The molecule has 0 amide bonds. The Morgan fingerprint density at radius 2 is 2.44 bits per heavy atom. The number of hydrogen-bond donors (Lipinski definition) is 0. The molecule has 2 aliphatic rings. The minimum atomic E-state index is 0.439. The van der Waals surface area contributed by atoms with Gasteiger partial charge in [-0.25, -0.2) is 0 Å². The zero-order valence-corrected chi connectivity index (χ0v) is 5.59. The molecule has 2 aliphatic carbocycles. The molecule has 1 spiro atoms. The van der Waals surface area contributed by atoms with Gasteiger partial charge >= 0.3 is 0 Å². The van der Waals surface area contributed by atoms with E-state index in [-0.39, 0.29) is 0 Å². The number of allylic oxidation sites excluding steroid dienone is 4. The molecular formula is C9H10. The van der Waals surface area contributed by atoms with Crippen LogP contribution in [0.2, 0.25) is 0 Å². The lowest BCUT2D eigenvalue weighted by Crippen LogP contribution is -1.99. The third kappa shape index (κ3) is 0.658. The zero-order valence-electron chi connectivity index (χ0n) is 5.59. The van der Waals surface area contributed by atoms with E-state index in [1.807, 2.05) is 6.08 Å². The highest BCUT2D eigenvalue weighted by Gasteiger charge is 2.48. The van der Waals surface area contributed by atoms with Gasteiger partial charge in [-0.1, -0.05) is 25.2 Å². The standard InChI is InChI=1S/C9H10/c1-8-7-9(8)5-3-2-4-6-9/h2-3,5-6,8H,7H2,1H3. The fourth-order valence-electron chi connectivity index (χ4n) is 1.44. The van der Waals surface area contributed by atoms with Crippen molar-refractivity contribution in [1.82, 2.24) is 0 Å². The molecule has 0 aromatic carbocycles. The summed E-state index contributed by atoms with van der Waals surface area (Å²) in [5.41, 5.74) is 0.439. The van der Waals surface area contributed by atoms with Gasteiger partial charge in [0.05, 0.1) is 0 Å². The maximum Gasteiger partial charge on any atom is -0.00115 e. The van der Waals surface area contributed by atoms with Crippen LogP contribution in [0.3, 0.4) is 0 Å². The molecule has 0 bridgehead atoms. The van der Waals surface area contributed by atoms with Crippen LogP contribution in [-0.2, 0) is 0 Å². The Morgan fingerprint density at radius 3 is 2.78 bits per heavy atom. The minimum Gasteiger partial charge on any atom is -0.0793 e. The molecule has 2 rings (SSSR count). The van der Waals surface area contributed by atoms with Crippen LogP contribution in [0.25, 0.3) is 0 Å². The van der Waals surface area contributed by atoms with Crippen molar-refractivity contribution in [3.05, 3.63) is 30.7 Å². The molecule has 0 aromatic rings. The van der Waals surface area contributed by atoms with E-state index in [1.54, 1.807) is 0 Å². The van der Waals surface area contributed by atoms with E-state index in [1.165, 1.54) is 6.42 Å². The van der Waals surface area contributed by atoms with Crippen molar-refractivity contribution in [1.29, 1.82) is 0 Å². The first-order valence-electron chi connectivity index (χ1n) is 3.45. The van der Waals surface area contributed by atoms with Gasteiger partial charge in [0.2, 0.25) is 0 Å². The van der Waals surface area contributed by atoms with E-state index in [4.69, 9.17) is 0 Å². The van der Waals surface area contributed by atoms with E-state index in [2.05, 4.69) is 31.6 Å². The smallest absolute Gasteiger partial charge is 0.00115 e. The van der Waals surface area contributed by atoms with Gasteiger partial charge in [0.25, 0.3) is 0 Å². The predicted octanol–water partition coefficient (Wildman–Crippen LogP) is 2.15. The van der Waals surface area contributed by atoms with Crippen LogP contribution < -0.4 is 0 Å². The second kappa shape index (κ2) is 1.50. The average Bonchev–Trinajstić information content (AvgIpc) is 2.44. The van der Waals surface area contributed by atoms with Gasteiger partial charge in [-0.3, -0.25) is 0 Å². The molecule has 0 nitrogen and oxygen atoms in total. The molecule has 1 fully saturated rings. The Labute approximate surface area is 56.3 Å². The fraction of sp³-hybridized carbons (Fsp3) is 0.444. The molecular weight excluding hydrogens is 108 g/mol. The maximum atomic E-state index is 3.13. The van der Waals surface area contributed by atoms with E-state index in [9.17, 15) is 0 Å². The van der Waals surface area contributed by atoms with Crippen molar-refractivity contribution in [2.45, 2.75) is 13.3 Å². The van der Waals surface area contributed by atoms with Crippen LogP contribution in [-0.4, -0.2) is 0 Å². The van der Waals surface area contributed by atoms with Crippen LogP contribution in [0.5, 0.6) is 0 Å². The van der Waals surface area contributed by atoms with Gasteiger partial charge in [-0.2, -0.15) is 0 Å². The van der Waals surface area contributed by atoms with Crippen LogP contribution in [0.15, 0.2) is 18.2 Å². The van der Waals surface area contributed by atoms with E-state index >= 15 is 0 Å². The molecule has 0 heterocycles. The van der Waals surface area contributed by atoms with E-state index in [0.29, 0.717) is 5.41 Å². The molecule has 9 heavy (non-hydrogen) atoms. The van der Waals surface area contributed by atoms with Gasteiger partial charge in [0.15, 0.2) is 0 Å². The average molecular weight is 118 g/mol. The molecule has 1 saturated carbocycles. The fourth-order valence-corrected chi connectivity index (χ4v) is 1.44. The van der Waals surface area contributed by atoms with Crippen molar-refractivity contribution in [2.75, 3.05) is 0 Å². The van der Waals surface area contributed by atoms with E-state index < -0.39 is 0 Å². The molecule has 2 atom stereocenters. The minimum absolute atomic E-state index is 0.439. The van der Waals surface area contributed by atoms with Crippen LogP contribution in [0, 0.1) is 23.8 Å². The molecule has 0 N–H and O–H groups in total. The molecule has 0 aromatic heterocycles. The summed E-state index contributed by atoms with van der Waals surface area (Å²) in [7, 11) is 0. The highest BCUT2D eigenvalue weighted by atomic mass is 14.5. The van der Waals surface area contributed by atoms with Gasteiger partial charge in [-0.05, 0) is 30.3 Å². The Kier molecular flexibility index (Phi) is 0.879. The molecule has 0 saturated heterocycles. The van der Waals surface area contributed by atoms with Gasteiger partial charge < -0.3 is 0 Å². The van der Waals surface area contributed by atoms with Crippen LogP contribution in [0.1, 0.15) is 13.3 Å². The summed E-state index contributed by atoms with van der Waals surface area (Å²) in [5, 5.41) is 0.